The third kappa shape index (κ3) is 5.07. The predicted octanol–water partition coefficient (Wildman–Crippen LogP) is 4.18. The number of carbonyl (C=O) groups is 2. The second kappa shape index (κ2) is 9.80. The molecule has 0 aliphatic carbocycles. The van der Waals surface area contributed by atoms with Crippen molar-refractivity contribution in [3.8, 4) is 11.3 Å². The zero-order valence-corrected chi connectivity index (χ0v) is 18.2. The number of nitrogens with one attached hydrogen (secondary N) is 2. The van der Waals surface area contributed by atoms with Crippen LogP contribution in [0.5, 0.6) is 0 Å². The quantitative estimate of drug-likeness (QED) is 0.544. The highest BCUT2D eigenvalue weighted by Gasteiger charge is 2.31. The third-order valence-corrected chi connectivity index (χ3v) is 5.62. The highest BCUT2D eigenvalue weighted by molar-refractivity contribution is 6.30. The molecule has 1 atom stereocenters. The lowest BCUT2D eigenvalue weighted by atomic mass is 10.0. The fraction of sp³-hybridized carbons (Fsp3) is 0.208. The number of hydrogen-bond acceptors (Lipinski definition) is 4. The second-order valence-corrected chi connectivity index (χ2v) is 8.03. The van der Waals surface area contributed by atoms with Crippen molar-refractivity contribution >= 4 is 34.9 Å². The summed E-state index contributed by atoms with van der Waals surface area (Å²) in [6, 6.07) is 17.4. The number of nitrogens with zero attached hydrogens (tertiary/aromatic N) is 2. The lowest BCUT2D eigenvalue weighted by Crippen LogP contribution is -2.53. The average Bonchev–Trinajstić information content (AvgIpc) is 2.82. The molecule has 2 aromatic carbocycles. The van der Waals surface area contributed by atoms with Gasteiger partial charge in [-0.05, 0) is 60.9 Å². The summed E-state index contributed by atoms with van der Waals surface area (Å²) >= 11 is 5.87. The van der Waals surface area contributed by atoms with Gasteiger partial charge < -0.3 is 21.3 Å². The number of anilines is 2. The van der Waals surface area contributed by atoms with E-state index in [4.69, 9.17) is 17.3 Å². The van der Waals surface area contributed by atoms with Crippen molar-refractivity contribution in [3.05, 3.63) is 77.4 Å². The molecule has 4 rings (SSSR count). The molecule has 8 heteroatoms. The minimum absolute atomic E-state index is 0.151. The molecule has 1 fully saturated rings. The Kier molecular flexibility index (Phi) is 6.68. The lowest BCUT2D eigenvalue weighted by Gasteiger charge is -2.32. The molecule has 0 spiro atoms. The molecule has 0 bridgehead atoms. The fourth-order valence-corrected chi connectivity index (χ4v) is 3.82. The number of nitrogens with two attached hydrogens (primary N) is 1. The number of amides is 3. The molecule has 0 unspecified atom stereocenters. The molecule has 2 heterocycles. The molecule has 1 aromatic heterocycles. The van der Waals surface area contributed by atoms with Crippen molar-refractivity contribution in [2.45, 2.75) is 25.4 Å². The summed E-state index contributed by atoms with van der Waals surface area (Å²) in [5.41, 5.74) is 9.85. The van der Waals surface area contributed by atoms with E-state index in [1.807, 2.05) is 36.4 Å². The van der Waals surface area contributed by atoms with Gasteiger partial charge in [-0.2, -0.15) is 0 Å². The van der Waals surface area contributed by atoms with Crippen LogP contribution >= 0.6 is 11.6 Å². The first-order valence-corrected chi connectivity index (χ1v) is 10.8. The zero-order valence-electron chi connectivity index (χ0n) is 17.4. The zero-order chi connectivity index (χ0) is 22.5. The Hall–Kier alpha value is -3.42. The van der Waals surface area contributed by atoms with Gasteiger partial charge in [-0.1, -0.05) is 29.8 Å². The third-order valence-electron chi connectivity index (χ3n) is 5.36. The number of rotatable bonds is 5. The largest absolute Gasteiger partial charge is 0.326 e. The Morgan fingerprint density at radius 2 is 1.97 bits per heavy atom. The highest BCUT2D eigenvalue weighted by Crippen LogP contribution is 2.24. The molecule has 3 aromatic rings. The molecule has 0 saturated carbocycles. The highest BCUT2D eigenvalue weighted by atomic mass is 35.5. The Bertz CT molecular complexity index is 1100. The first kappa shape index (κ1) is 21.8. The van der Waals surface area contributed by atoms with E-state index >= 15 is 0 Å². The number of piperidine rings is 1. The van der Waals surface area contributed by atoms with E-state index in [2.05, 4.69) is 15.6 Å². The first-order chi connectivity index (χ1) is 15.5. The van der Waals surface area contributed by atoms with E-state index in [1.165, 1.54) is 0 Å². The van der Waals surface area contributed by atoms with E-state index < -0.39 is 12.1 Å². The number of pyridine rings is 1. The van der Waals surface area contributed by atoms with Crippen molar-refractivity contribution < 1.29 is 9.59 Å². The van der Waals surface area contributed by atoms with Crippen molar-refractivity contribution in [3.63, 3.8) is 0 Å². The summed E-state index contributed by atoms with van der Waals surface area (Å²) < 4.78 is 0. The molecule has 164 valence electrons. The topological polar surface area (TPSA) is 100 Å². The molecule has 1 saturated heterocycles. The minimum atomic E-state index is -0.600. The number of benzene rings is 2. The van der Waals surface area contributed by atoms with Gasteiger partial charge in [0.25, 0.3) is 0 Å². The van der Waals surface area contributed by atoms with E-state index in [9.17, 15) is 9.59 Å². The summed E-state index contributed by atoms with van der Waals surface area (Å²) in [7, 11) is 0. The summed E-state index contributed by atoms with van der Waals surface area (Å²) in [4.78, 5) is 31.6. The monoisotopic (exact) mass is 449 g/mol. The van der Waals surface area contributed by atoms with E-state index in [0.29, 0.717) is 35.9 Å². The van der Waals surface area contributed by atoms with Crippen LogP contribution in [-0.2, 0) is 11.3 Å². The van der Waals surface area contributed by atoms with Crippen LogP contribution in [0.1, 0.15) is 18.4 Å². The van der Waals surface area contributed by atoms with Crippen LogP contribution in [0.3, 0.4) is 0 Å². The molecule has 1 aliphatic heterocycles. The van der Waals surface area contributed by atoms with Gasteiger partial charge in [0.2, 0.25) is 5.91 Å². The summed E-state index contributed by atoms with van der Waals surface area (Å²) in [5, 5.41) is 6.08. The standard InChI is InChI=1S/C24H24ClN5O2/c25-18-6-8-19(9-7-18)28-24(32)29-22-5-2-12-30(23(22)31)20-10-11-21(27-15-20)17-4-1-3-16(13-17)14-26/h1,3-4,6-11,13,15,22H,2,5,12,14,26H2,(H2,28,29,32)/t22-/m1/s1. The van der Waals surface area contributed by atoms with E-state index in [0.717, 1.165) is 23.2 Å². The summed E-state index contributed by atoms with van der Waals surface area (Å²) in [5.74, 6) is -0.151. The second-order valence-electron chi connectivity index (χ2n) is 7.60. The normalized spacial score (nSPS) is 16.0. The van der Waals surface area contributed by atoms with Gasteiger partial charge in [0.05, 0.1) is 17.6 Å². The predicted molar refractivity (Wildman–Crippen MR) is 127 cm³/mol. The van der Waals surface area contributed by atoms with Crippen LogP contribution in [0.2, 0.25) is 5.02 Å². The number of hydrogen-bond donors (Lipinski definition) is 3. The van der Waals surface area contributed by atoms with Gasteiger partial charge in [0, 0.05) is 29.4 Å². The Morgan fingerprint density at radius 3 is 2.69 bits per heavy atom. The Morgan fingerprint density at radius 1 is 1.16 bits per heavy atom. The van der Waals surface area contributed by atoms with Crippen molar-refractivity contribution in [2.75, 3.05) is 16.8 Å². The molecule has 4 N–H and O–H groups in total. The maximum absolute atomic E-state index is 13.0. The van der Waals surface area contributed by atoms with Crippen molar-refractivity contribution in [1.82, 2.24) is 10.3 Å². The van der Waals surface area contributed by atoms with Gasteiger partial charge >= 0.3 is 6.03 Å². The minimum Gasteiger partial charge on any atom is -0.326 e. The van der Waals surface area contributed by atoms with Crippen LogP contribution in [0, 0.1) is 0 Å². The number of urea groups is 1. The molecular formula is C24H24ClN5O2. The van der Waals surface area contributed by atoms with Crippen LogP contribution in [0.4, 0.5) is 16.2 Å². The van der Waals surface area contributed by atoms with Crippen molar-refractivity contribution in [2.24, 2.45) is 5.73 Å². The van der Waals surface area contributed by atoms with Crippen LogP contribution in [-0.4, -0.2) is 29.5 Å². The molecule has 0 radical (unpaired) electrons. The fourth-order valence-electron chi connectivity index (χ4n) is 3.70. The van der Waals surface area contributed by atoms with Crippen LogP contribution in [0.15, 0.2) is 66.9 Å². The SMILES string of the molecule is NCc1cccc(-c2ccc(N3CCC[C@@H](NC(=O)Nc4ccc(Cl)cc4)C3=O)cn2)c1. The molecule has 32 heavy (non-hydrogen) atoms. The van der Waals surface area contributed by atoms with Gasteiger partial charge in [-0.3, -0.25) is 9.78 Å². The summed E-state index contributed by atoms with van der Waals surface area (Å²) in [6.45, 7) is 1.05. The maximum atomic E-state index is 13.0. The Labute approximate surface area is 191 Å². The Balaban J connectivity index is 1.42. The van der Waals surface area contributed by atoms with Crippen LogP contribution < -0.4 is 21.3 Å². The van der Waals surface area contributed by atoms with E-state index in [-0.39, 0.29) is 5.91 Å². The lowest BCUT2D eigenvalue weighted by molar-refractivity contribution is -0.121. The van der Waals surface area contributed by atoms with Crippen LogP contribution in [0.25, 0.3) is 11.3 Å². The van der Waals surface area contributed by atoms with Gasteiger partial charge in [-0.15, -0.1) is 0 Å². The number of halogens is 1. The van der Waals surface area contributed by atoms with E-state index in [1.54, 1.807) is 35.4 Å². The average molecular weight is 450 g/mol. The molecule has 3 amide bonds. The molecule has 1 aliphatic rings. The smallest absolute Gasteiger partial charge is 0.319 e. The summed E-state index contributed by atoms with van der Waals surface area (Å²) in [6.07, 6.45) is 3.05. The van der Waals surface area contributed by atoms with Gasteiger partial charge in [0.1, 0.15) is 6.04 Å². The van der Waals surface area contributed by atoms with Gasteiger partial charge in [-0.25, -0.2) is 4.79 Å². The number of carbonyl (C=O) groups excluding carboxylic acids is 2. The maximum Gasteiger partial charge on any atom is 0.319 e. The van der Waals surface area contributed by atoms with Crippen molar-refractivity contribution in [1.29, 1.82) is 0 Å². The number of aromatic nitrogens is 1. The molecular weight excluding hydrogens is 426 g/mol. The molecule has 7 nitrogen and oxygen atoms in total. The first-order valence-electron chi connectivity index (χ1n) is 10.4. The van der Waals surface area contributed by atoms with Gasteiger partial charge in [0.15, 0.2) is 0 Å².